The van der Waals surface area contributed by atoms with Crippen LogP contribution in [0, 0.1) is 12.8 Å². The Kier molecular flexibility index (Phi) is 4.98. The highest BCUT2D eigenvalue weighted by Gasteiger charge is 2.26. The monoisotopic (exact) mass is 378 g/mol. The van der Waals surface area contributed by atoms with E-state index in [0.717, 1.165) is 30.8 Å². The molecule has 146 valence electrons. The Hall–Kier alpha value is -2.96. The fraction of sp³-hybridized carbons (Fsp3) is 0.429. The van der Waals surface area contributed by atoms with Crippen molar-refractivity contribution in [3.8, 4) is 11.3 Å². The third kappa shape index (κ3) is 3.44. The molecule has 0 spiro atoms. The van der Waals surface area contributed by atoms with Crippen molar-refractivity contribution in [3.63, 3.8) is 0 Å². The molecule has 1 fully saturated rings. The molecule has 28 heavy (non-hydrogen) atoms. The third-order valence-corrected chi connectivity index (χ3v) is 5.45. The number of carbonyl (C=O) groups excluding carboxylic acids is 1. The van der Waals surface area contributed by atoms with E-state index in [1.807, 2.05) is 24.0 Å². The first kappa shape index (κ1) is 18.4. The Morgan fingerprint density at radius 3 is 2.68 bits per heavy atom. The number of aromatic nitrogens is 4. The number of benzene rings is 1. The van der Waals surface area contributed by atoms with E-state index in [1.165, 1.54) is 5.56 Å². The lowest BCUT2D eigenvalue weighted by molar-refractivity contribution is -0.135. The van der Waals surface area contributed by atoms with Crippen LogP contribution >= 0.6 is 0 Å². The highest BCUT2D eigenvalue weighted by molar-refractivity contribution is 5.78. The smallest absolute Gasteiger partial charge is 0.254 e. The maximum Gasteiger partial charge on any atom is 0.254 e. The maximum absolute atomic E-state index is 12.4. The van der Waals surface area contributed by atoms with Crippen LogP contribution in [0.25, 0.3) is 17.0 Å². The van der Waals surface area contributed by atoms with Crippen molar-refractivity contribution < 1.29 is 4.79 Å². The summed E-state index contributed by atoms with van der Waals surface area (Å²) in [6.45, 7) is 9.01. The van der Waals surface area contributed by atoms with Crippen molar-refractivity contribution in [1.29, 1.82) is 0 Å². The van der Waals surface area contributed by atoms with Gasteiger partial charge in [-0.25, -0.2) is 4.98 Å². The number of fused-ring (bicyclic) bond motifs is 1. The topological polar surface area (TPSA) is 66.6 Å². The molecule has 1 aromatic carbocycles. The van der Waals surface area contributed by atoms with E-state index in [2.05, 4.69) is 46.9 Å². The molecule has 0 bridgehead atoms. The molecule has 3 aromatic rings. The summed E-state index contributed by atoms with van der Waals surface area (Å²) in [7, 11) is 0. The van der Waals surface area contributed by atoms with E-state index in [4.69, 9.17) is 5.10 Å². The van der Waals surface area contributed by atoms with Crippen molar-refractivity contribution >= 4 is 17.6 Å². The van der Waals surface area contributed by atoms with Crippen molar-refractivity contribution in [1.82, 2.24) is 24.5 Å². The third-order valence-electron chi connectivity index (χ3n) is 5.45. The SMILES string of the molecule is CCC(C)C(=O)N1CCN(c2nc3nccc(-c4cccc(C)c4)n3n2)CC1. The Morgan fingerprint density at radius 2 is 1.96 bits per heavy atom. The Balaban J connectivity index is 1.56. The van der Waals surface area contributed by atoms with Crippen molar-refractivity contribution in [2.24, 2.45) is 5.92 Å². The largest absolute Gasteiger partial charge is 0.339 e. The number of amides is 1. The Morgan fingerprint density at radius 1 is 1.18 bits per heavy atom. The van der Waals surface area contributed by atoms with E-state index < -0.39 is 0 Å². The molecule has 0 aliphatic carbocycles. The second-order valence-corrected chi connectivity index (χ2v) is 7.44. The van der Waals surface area contributed by atoms with Gasteiger partial charge in [-0.15, -0.1) is 5.10 Å². The molecule has 0 radical (unpaired) electrons. The molecule has 1 amide bonds. The zero-order valence-corrected chi connectivity index (χ0v) is 16.7. The van der Waals surface area contributed by atoms with E-state index in [1.54, 1.807) is 10.7 Å². The zero-order chi connectivity index (χ0) is 19.7. The van der Waals surface area contributed by atoms with Crippen LogP contribution in [0.1, 0.15) is 25.8 Å². The maximum atomic E-state index is 12.4. The molecule has 3 heterocycles. The molecule has 7 nitrogen and oxygen atoms in total. The van der Waals surface area contributed by atoms with Gasteiger partial charge in [0.1, 0.15) is 0 Å². The van der Waals surface area contributed by atoms with Crippen LogP contribution in [0.3, 0.4) is 0 Å². The van der Waals surface area contributed by atoms with Gasteiger partial charge in [0.2, 0.25) is 11.9 Å². The Labute approximate surface area is 165 Å². The number of anilines is 1. The minimum absolute atomic E-state index is 0.0842. The summed E-state index contributed by atoms with van der Waals surface area (Å²) in [4.78, 5) is 25.5. The summed E-state index contributed by atoms with van der Waals surface area (Å²) in [6, 6.07) is 10.3. The molecule has 7 heteroatoms. The summed E-state index contributed by atoms with van der Waals surface area (Å²) in [5.41, 5.74) is 3.26. The summed E-state index contributed by atoms with van der Waals surface area (Å²) in [5, 5.41) is 4.73. The predicted octanol–water partition coefficient (Wildman–Crippen LogP) is 2.79. The number of nitrogens with zero attached hydrogens (tertiary/aromatic N) is 6. The number of carbonyl (C=O) groups is 1. The standard InChI is InChI=1S/C21H26N6O/c1-4-16(3)19(28)25-10-12-26(13-11-25)21-23-20-22-9-8-18(27(20)24-21)17-7-5-6-15(2)14-17/h5-9,14,16H,4,10-13H2,1-3H3. The molecule has 4 rings (SSSR count). The van der Waals surface area contributed by atoms with Gasteiger partial charge < -0.3 is 9.80 Å². The molecular formula is C21H26N6O. The molecule has 1 unspecified atom stereocenters. The molecule has 1 aliphatic heterocycles. The molecule has 1 aliphatic rings. The lowest BCUT2D eigenvalue weighted by Crippen LogP contribution is -2.50. The molecule has 0 N–H and O–H groups in total. The zero-order valence-electron chi connectivity index (χ0n) is 16.7. The van der Waals surface area contributed by atoms with Gasteiger partial charge in [-0.05, 0) is 25.5 Å². The van der Waals surface area contributed by atoms with Gasteiger partial charge >= 0.3 is 0 Å². The lowest BCUT2D eigenvalue weighted by atomic mass is 10.1. The second kappa shape index (κ2) is 7.58. The normalized spacial score (nSPS) is 15.8. The lowest BCUT2D eigenvalue weighted by Gasteiger charge is -2.35. The quantitative estimate of drug-likeness (QED) is 0.698. The predicted molar refractivity (Wildman–Crippen MR) is 109 cm³/mol. The van der Waals surface area contributed by atoms with Gasteiger partial charge in [-0.1, -0.05) is 37.6 Å². The van der Waals surface area contributed by atoms with E-state index in [0.29, 0.717) is 24.8 Å². The van der Waals surface area contributed by atoms with Gasteiger partial charge in [0, 0.05) is 43.9 Å². The van der Waals surface area contributed by atoms with E-state index >= 15 is 0 Å². The number of rotatable bonds is 4. The minimum atomic E-state index is 0.0842. The van der Waals surface area contributed by atoms with Gasteiger partial charge in [0.25, 0.3) is 5.78 Å². The molecule has 2 aromatic heterocycles. The average molecular weight is 378 g/mol. The highest BCUT2D eigenvalue weighted by Crippen LogP contribution is 2.22. The van der Waals surface area contributed by atoms with Crippen LogP contribution < -0.4 is 4.90 Å². The summed E-state index contributed by atoms with van der Waals surface area (Å²) >= 11 is 0. The summed E-state index contributed by atoms with van der Waals surface area (Å²) in [5.74, 6) is 1.59. The van der Waals surface area contributed by atoms with E-state index in [9.17, 15) is 4.79 Å². The average Bonchev–Trinajstić information content (AvgIpc) is 3.17. The molecule has 1 atom stereocenters. The van der Waals surface area contributed by atoms with Crippen molar-refractivity contribution in [3.05, 3.63) is 42.1 Å². The number of hydrogen-bond acceptors (Lipinski definition) is 5. The van der Waals surface area contributed by atoms with Gasteiger partial charge in [0.15, 0.2) is 0 Å². The molecule has 1 saturated heterocycles. The second-order valence-electron chi connectivity index (χ2n) is 7.44. The van der Waals surface area contributed by atoms with Crippen LogP contribution in [0.2, 0.25) is 0 Å². The van der Waals surface area contributed by atoms with Crippen molar-refractivity contribution in [2.75, 3.05) is 31.1 Å². The van der Waals surface area contributed by atoms with Crippen LogP contribution in [0.15, 0.2) is 36.5 Å². The fourth-order valence-corrected chi connectivity index (χ4v) is 3.55. The fourth-order valence-electron chi connectivity index (χ4n) is 3.55. The molecular weight excluding hydrogens is 352 g/mol. The van der Waals surface area contributed by atoms with Crippen LogP contribution in [-0.4, -0.2) is 56.6 Å². The van der Waals surface area contributed by atoms with Crippen LogP contribution in [0.5, 0.6) is 0 Å². The first-order chi connectivity index (χ1) is 13.6. The first-order valence-electron chi connectivity index (χ1n) is 9.89. The van der Waals surface area contributed by atoms with Gasteiger partial charge in [-0.2, -0.15) is 9.50 Å². The highest BCUT2D eigenvalue weighted by atomic mass is 16.2. The minimum Gasteiger partial charge on any atom is -0.339 e. The van der Waals surface area contributed by atoms with Gasteiger partial charge in [-0.3, -0.25) is 4.79 Å². The summed E-state index contributed by atoms with van der Waals surface area (Å²) < 4.78 is 1.81. The number of hydrogen-bond donors (Lipinski definition) is 0. The first-order valence-corrected chi connectivity index (χ1v) is 9.89. The van der Waals surface area contributed by atoms with E-state index in [-0.39, 0.29) is 11.8 Å². The van der Waals surface area contributed by atoms with Gasteiger partial charge in [0.05, 0.1) is 5.69 Å². The van der Waals surface area contributed by atoms with Crippen molar-refractivity contribution in [2.45, 2.75) is 27.2 Å². The molecule has 0 saturated carbocycles. The summed E-state index contributed by atoms with van der Waals surface area (Å²) in [6.07, 6.45) is 2.65. The number of piperazine rings is 1. The van der Waals surface area contributed by atoms with Crippen LogP contribution in [0.4, 0.5) is 5.95 Å². The Bertz CT molecular complexity index is 989. The van der Waals surface area contributed by atoms with Crippen LogP contribution in [-0.2, 0) is 4.79 Å². The number of aryl methyl sites for hydroxylation is 1.